The molecular formula is C36H58N10O18S. The van der Waals surface area contributed by atoms with Crippen molar-refractivity contribution in [1.29, 1.82) is 0 Å². The second-order valence-electron chi connectivity index (χ2n) is 15.0. The number of rotatable bonds is 25. The first-order chi connectivity index (χ1) is 30.3. The van der Waals surface area contributed by atoms with Crippen LogP contribution in [0.4, 0.5) is 0 Å². The van der Waals surface area contributed by atoms with E-state index in [2.05, 4.69) is 16.0 Å². The first-order valence-corrected chi connectivity index (χ1v) is 21.0. The van der Waals surface area contributed by atoms with Gasteiger partial charge in [-0.25, -0.2) is 24.8 Å². The Hall–Kier alpha value is -5.53. The van der Waals surface area contributed by atoms with Gasteiger partial charge in [0.05, 0.1) is 30.1 Å². The van der Waals surface area contributed by atoms with Crippen LogP contribution in [-0.2, 0) is 45.4 Å². The standard InChI is InChI=1S/C36H58N10O18S/c1-17(48)44(62)12-5-8-20(37)30(55)38-21(9-6-13-45(63)18(2)49)31(56)39-22(10-7-14-46(64)19(3)50)32(57)40-23(16-47)33(58)41-25(35(59)60)26(52)29-27(53)28(54)34(65-29)43-15-11-24(51)42(4)36(43)61/h11,15,20-23,25-29,34,47,52-54,62-64H,5-10,12-14,16,37H2,1-4H3,(H,38,55)(H,39,56)(H,40,57)(H,41,58)(H,59,60)/t20-,21-,22-,23-,25+,26+,27+,28-,29+,34+/m0/s1. The maximum Gasteiger partial charge on any atom is 0.331 e. The molecule has 2 heterocycles. The molecule has 1 aromatic rings. The molecule has 0 aromatic carbocycles. The highest BCUT2D eigenvalue weighted by Gasteiger charge is 2.50. The van der Waals surface area contributed by atoms with Crippen molar-refractivity contribution in [2.75, 3.05) is 26.2 Å². The molecule has 28 nitrogen and oxygen atoms in total. The summed E-state index contributed by atoms with van der Waals surface area (Å²) in [5.74, 6) is -8.65. The topological polar surface area (TPSA) is 426 Å². The van der Waals surface area contributed by atoms with Crippen LogP contribution in [0.25, 0.3) is 0 Å². The van der Waals surface area contributed by atoms with Crippen LogP contribution in [-0.4, -0.2) is 193 Å². The van der Waals surface area contributed by atoms with Gasteiger partial charge in [0.1, 0.15) is 29.6 Å². The van der Waals surface area contributed by atoms with Crippen molar-refractivity contribution >= 4 is 59.1 Å². The number of amides is 7. The summed E-state index contributed by atoms with van der Waals surface area (Å²) < 4.78 is 1.57. The van der Waals surface area contributed by atoms with E-state index in [1.54, 1.807) is 0 Å². The first-order valence-electron chi connectivity index (χ1n) is 20.0. The maximum atomic E-state index is 13.8. The minimum atomic E-state index is -2.29. The normalized spacial score (nSPS) is 19.6. The van der Waals surface area contributed by atoms with Gasteiger partial charge in [-0.2, -0.15) is 0 Å². The summed E-state index contributed by atoms with van der Waals surface area (Å²) in [5, 5.41) is 89.1. The molecule has 366 valence electrons. The number of nitrogens with zero attached hydrogens (tertiary/aromatic N) is 5. The zero-order valence-electron chi connectivity index (χ0n) is 35.9. The van der Waals surface area contributed by atoms with E-state index in [1.807, 2.05) is 5.32 Å². The number of aliphatic hydroxyl groups is 4. The molecule has 1 aromatic heterocycles. The fourth-order valence-electron chi connectivity index (χ4n) is 6.23. The van der Waals surface area contributed by atoms with E-state index in [4.69, 9.17) is 5.73 Å². The summed E-state index contributed by atoms with van der Waals surface area (Å²) in [7, 11) is 1.14. The third kappa shape index (κ3) is 16.1. The average molecular weight is 951 g/mol. The van der Waals surface area contributed by atoms with Crippen molar-refractivity contribution in [1.82, 2.24) is 45.6 Å². The van der Waals surface area contributed by atoms with Crippen molar-refractivity contribution in [3.63, 3.8) is 0 Å². The van der Waals surface area contributed by atoms with E-state index in [-0.39, 0.29) is 58.2 Å². The number of hydrogen-bond donors (Lipinski definition) is 13. The number of carbonyl (C=O) groups is 8. The number of carboxylic acid groups (broad SMARTS) is 1. The number of nitrogens with two attached hydrogens (primary N) is 1. The van der Waals surface area contributed by atoms with Gasteiger partial charge in [-0.05, 0) is 38.5 Å². The quantitative estimate of drug-likeness (QED) is 0.0320. The molecule has 29 heteroatoms. The first kappa shape index (κ1) is 55.6. The van der Waals surface area contributed by atoms with Crippen LogP contribution in [0.5, 0.6) is 0 Å². The molecule has 0 radical (unpaired) electrons. The minimum Gasteiger partial charge on any atom is -0.480 e. The molecule has 0 spiro atoms. The minimum absolute atomic E-state index is 0.0572. The Labute approximate surface area is 374 Å². The van der Waals surface area contributed by atoms with Gasteiger partial charge in [0.2, 0.25) is 41.4 Å². The monoisotopic (exact) mass is 950 g/mol. The Morgan fingerprint density at radius 1 is 0.723 bits per heavy atom. The summed E-state index contributed by atoms with van der Waals surface area (Å²) in [6.07, 6.45) is -5.87. The highest BCUT2D eigenvalue weighted by atomic mass is 32.2. The number of aliphatic carboxylic acids is 1. The molecule has 0 aliphatic carbocycles. The number of aromatic nitrogens is 2. The lowest BCUT2D eigenvalue weighted by atomic mass is 10.00. The number of hydroxylamine groups is 6. The van der Waals surface area contributed by atoms with Crippen LogP contribution >= 0.6 is 11.8 Å². The highest BCUT2D eigenvalue weighted by molar-refractivity contribution is 8.00. The summed E-state index contributed by atoms with van der Waals surface area (Å²) >= 11 is 0.552. The Balaban J connectivity index is 2.33. The van der Waals surface area contributed by atoms with Gasteiger partial charge < -0.3 is 52.5 Å². The van der Waals surface area contributed by atoms with Gasteiger partial charge in [0.15, 0.2) is 6.04 Å². The van der Waals surface area contributed by atoms with Gasteiger partial charge in [0.25, 0.3) is 5.56 Å². The van der Waals surface area contributed by atoms with E-state index in [1.165, 1.54) is 0 Å². The van der Waals surface area contributed by atoms with Gasteiger partial charge >= 0.3 is 11.7 Å². The van der Waals surface area contributed by atoms with Crippen LogP contribution in [0.2, 0.25) is 0 Å². The summed E-state index contributed by atoms with van der Waals surface area (Å²) in [6.45, 7) is 1.11. The number of thioether (sulfide) groups is 1. The third-order valence-electron chi connectivity index (χ3n) is 10.1. The van der Waals surface area contributed by atoms with Crippen molar-refractivity contribution in [2.45, 2.75) is 118 Å². The van der Waals surface area contributed by atoms with Gasteiger partial charge in [-0.1, -0.05) is 0 Å². The molecule has 0 unspecified atom stereocenters. The number of hydrogen-bond acceptors (Lipinski definition) is 19. The predicted molar refractivity (Wildman–Crippen MR) is 220 cm³/mol. The second kappa shape index (κ2) is 25.8. The molecule has 7 amide bonds. The van der Waals surface area contributed by atoms with E-state index >= 15 is 0 Å². The molecule has 1 fully saturated rings. The highest BCUT2D eigenvalue weighted by Crippen LogP contribution is 2.43. The Bertz CT molecular complexity index is 1990. The van der Waals surface area contributed by atoms with Crippen molar-refractivity contribution < 1.29 is 79.5 Å². The molecule has 0 saturated carbocycles. The molecule has 10 atom stereocenters. The molecule has 14 N–H and O–H groups in total. The fraction of sp³-hybridized carbons (Fsp3) is 0.667. The van der Waals surface area contributed by atoms with Gasteiger partial charge in [-0.15, -0.1) is 11.8 Å². The summed E-state index contributed by atoms with van der Waals surface area (Å²) in [5.41, 5.74) is 4.37. The number of carboxylic acids is 1. The maximum absolute atomic E-state index is 13.8. The summed E-state index contributed by atoms with van der Waals surface area (Å²) in [6, 6.07) is -7.79. The zero-order valence-corrected chi connectivity index (χ0v) is 36.7. The van der Waals surface area contributed by atoms with Crippen molar-refractivity contribution in [2.24, 2.45) is 12.8 Å². The van der Waals surface area contributed by atoms with E-state index < -0.39 is 124 Å². The Morgan fingerprint density at radius 3 is 1.60 bits per heavy atom. The van der Waals surface area contributed by atoms with Gasteiger partial charge in [-0.3, -0.25) is 63.1 Å². The van der Waals surface area contributed by atoms with E-state index in [9.17, 15) is 89.1 Å². The smallest absolute Gasteiger partial charge is 0.331 e. The molecule has 1 aliphatic rings. The average Bonchev–Trinajstić information content (AvgIpc) is 3.54. The molecule has 2 rings (SSSR count). The lowest BCUT2D eigenvalue weighted by Gasteiger charge is -2.29. The molecule has 1 saturated heterocycles. The lowest BCUT2D eigenvalue weighted by molar-refractivity contribution is -0.163. The van der Waals surface area contributed by atoms with Crippen LogP contribution < -0.4 is 38.2 Å². The Morgan fingerprint density at radius 2 is 1.15 bits per heavy atom. The van der Waals surface area contributed by atoms with Gasteiger partial charge in [0, 0.05) is 59.7 Å². The number of carbonyl (C=O) groups excluding carboxylic acids is 7. The fourth-order valence-corrected chi connectivity index (χ4v) is 7.80. The second-order valence-corrected chi connectivity index (χ2v) is 16.3. The molecule has 0 bridgehead atoms. The van der Waals surface area contributed by atoms with Crippen LogP contribution in [0, 0.1) is 0 Å². The lowest BCUT2D eigenvalue weighted by Crippen LogP contribution is -2.61. The predicted octanol–water partition coefficient (Wildman–Crippen LogP) is -6.36. The zero-order chi connectivity index (χ0) is 49.5. The molecule has 1 aliphatic heterocycles. The SMILES string of the molecule is CC(=O)N(O)CCC[C@H](NC(=O)[C@H](CCCN(O)C(C)=O)NC(=O)[C@@H](N)CCCN(O)C(C)=O)C(=O)N[C@@H](CO)C(=O)N[C@@H](C(=O)O)[C@@H](O)[C@H]1S[C@@H](n2ccc(=O)n(C)c2=O)[C@@H](O)[C@H]1O. The van der Waals surface area contributed by atoms with Crippen LogP contribution in [0.3, 0.4) is 0 Å². The number of nitrogens with one attached hydrogen (secondary N) is 4. The number of aliphatic hydroxyl groups excluding tert-OH is 4. The van der Waals surface area contributed by atoms with Crippen molar-refractivity contribution in [3.05, 3.63) is 33.1 Å². The summed E-state index contributed by atoms with van der Waals surface area (Å²) in [4.78, 5) is 125. The van der Waals surface area contributed by atoms with Crippen molar-refractivity contribution in [3.8, 4) is 0 Å². The largest absolute Gasteiger partial charge is 0.480 e. The van der Waals surface area contributed by atoms with E-state index in [0.717, 1.165) is 44.6 Å². The van der Waals surface area contributed by atoms with Crippen LogP contribution in [0.1, 0.15) is 64.7 Å². The van der Waals surface area contributed by atoms with Crippen LogP contribution in [0.15, 0.2) is 21.9 Å². The third-order valence-corrected chi connectivity index (χ3v) is 11.8. The van der Waals surface area contributed by atoms with E-state index in [0.29, 0.717) is 31.5 Å². The molecule has 65 heavy (non-hydrogen) atoms. The molecular weight excluding hydrogens is 893 g/mol. The Kier molecular flexibility index (Phi) is 22.1.